The van der Waals surface area contributed by atoms with Crippen LogP contribution in [0.25, 0.3) is 21.4 Å². The zero-order valence-corrected chi connectivity index (χ0v) is 18.6. The van der Waals surface area contributed by atoms with Crippen LogP contribution in [0.5, 0.6) is 5.75 Å². The molecular weight excluding hydrogens is 420 g/mol. The van der Waals surface area contributed by atoms with Gasteiger partial charge in [0.05, 0.1) is 11.3 Å². The fourth-order valence-corrected chi connectivity index (χ4v) is 6.45. The lowest BCUT2D eigenvalue weighted by molar-refractivity contribution is -0.673. The van der Waals surface area contributed by atoms with Crippen LogP contribution in [0, 0.1) is 0 Å². The van der Waals surface area contributed by atoms with Crippen LogP contribution in [-0.4, -0.2) is 23.7 Å². The van der Waals surface area contributed by atoms with Crippen LogP contribution in [-0.2, 0) is 11.3 Å². The van der Waals surface area contributed by atoms with Crippen molar-refractivity contribution in [1.82, 2.24) is 0 Å². The number of unbranched alkanes of at least 4 members (excludes halogenated alkanes) is 2. The second kappa shape index (κ2) is 7.78. The first kappa shape index (κ1) is 19.6. The summed E-state index contributed by atoms with van der Waals surface area (Å²) in [7, 11) is 0. The molecule has 1 aromatic heterocycles. The molecule has 3 aliphatic heterocycles. The Hall–Kier alpha value is -3.12. The van der Waals surface area contributed by atoms with Gasteiger partial charge in [0.2, 0.25) is 5.52 Å². The van der Waals surface area contributed by atoms with Crippen molar-refractivity contribution >= 4 is 44.4 Å². The summed E-state index contributed by atoms with van der Waals surface area (Å²) in [5, 5.41) is 10.2. The van der Waals surface area contributed by atoms with E-state index in [0.717, 1.165) is 44.5 Å². The first-order valence-electron chi connectivity index (χ1n) is 11.3. The normalized spacial score (nSPS) is 18.2. The number of nitrogens with zero attached hydrogens (tertiary/aromatic N) is 2. The highest BCUT2D eigenvalue weighted by Gasteiger charge is 2.42. The molecule has 0 amide bonds. The van der Waals surface area contributed by atoms with E-state index in [4.69, 9.17) is 9.84 Å². The summed E-state index contributed by atoms with van der Waals surface area (Å²) in [6, 6.07) is 15.0. The fourth-order valence-electron chi connectivity index (χ4n) is 5.16. The Morgan fingerprint density at radius 1 is 1.16 bits per heavy atom. The van der Waals surface area contributed by atoms with Gasteiger partial charge in [-0.3, -0.25) is 4.79 Å². The van der Waals surface area contributed by atoms with Gasteiger partial charge in [-0.1, -0.05) is 36.0 Å². The number of carboxylic acids is 1. The summed E-state index contributed by atoms with van der Waals surface area (Å²) in [6.45, 7) is 1.85. The molecule has 1 atom stereocenters. The Morgan fingerprint density at radius 2 is 2.06 bits per heavy atom. The van der Waals surface area contributed by atoms with Crippen molar-refractivity contribution in [3.8, 4) is 5.75 Å². The molecule has 6 heteroatoms. The number of thiazole rings is 1. The first-order valence-corrected chi connectivity index (χ1v) is 12.1. The van der Waals surface area contributed by atoms with Crippen molar-refractivity contribution in [1.29, 1.82) is 0 Å². The molecule has 0 saturated carbocycles. The minimum absolute atomic E-state index is 0.0908. The minimum atomic E-state index is -0.714. The molecular formula is C26H25N2O3S+. The summed E-state index contributed by atoms with van der Waals surface area (Å²) in [6.07, 6.45) is 8.37. The lowest BCUT2D eigenvalue weighted by Gasteiger charge is -2.36. The monoisotopic (exact) mass is 445 g/mol. The molecule has 0 radical (unpaired) electrons. The summed E-state index contributed by atoms with van der Waals surface area (Å²) in [5.74, 6) is 0.259. The van der Waals surface area contributed by atoms with Gasteiger partial charge in [0, 0.05) is 42.8 Å². The van der Waals surface area contributed by atoms with Gasteiger partial charge in [-0.05, 0) is 37.1 Å². The molecule has 1 unspecified atom stereocenters. The Bertz CT molecular complexity index is 1290. The number of rotatable bonds is 6. The smallest absolute Gasteiger partial charge is 0.303 e. The number of carbonyl (C=O) groups is 1. The number of para-hydroxylation sites is 1. The van der Waals surface area contributed by atoms with E-state index in [1.807, 2.05) is 11.3 Å². The Balaban J connectivity index is 1.38. The predicted octanol–water partition coefficient (Wildman–Crippen LogP) is 5.24. The van der Waals surface area contributed by atoms with Crippen molar-refractivity contribution in [2.75, 3.05) is 11.4 Å². The van der Waals surface area contributed by atoms with Crippen LogP contribution >= 0.6 is 11.3 Å². The maximum absolute atomic E-state index is 10.8. The number of fused-ring (bicyclic) bond motifs is 5. The zero-order chi connectivity index (χ0) is 21.7. The highest BCUT2D eigenvalue weighted by atomic mass is 32.1. The third-order valence-corrected chi connectivity index (χ3v) is 7.83. The summed E-state index contributed by atoms with van der Waals surface area (Å²) in [5.41, 5.74) is 6.28. The van der Waals surface area contributed by atoms with Crippen molar-refractivity contribution in [2.24, 2.45) is 0 Å². The Labute approximate surface area is 190 Å². The fraction of sp³-hybridized carbons (Fsp3) is 0.308. The number of aliphatic carboxylic acids is 1. The average molecular weight is 446 g/mol. The molecule has 0 fully saturated rings. The Morgan fingerprint density at radius 3 is 2.97 bits per heavy atom. The first-order chi connectivity index (χ1) is 15.7. The van der Waals surface area contributed by atoms with Gasteiger partial charge in [-0.15, -0.1) is 0 Å². The topological polar surface area (TPSA) is 53.7 Å². The molecule has 162 valence electrons. The summed E-state index contributed by atoms with van der Waals surface area (Å²) >= 11 is 1.86. The van der Waals surface area contributed by atoms with Crippen LogP contribution in [0.15, 0.2) is 54.7 Å². The predicted molar refractivity (Wildman–Crippen MR) is 127 cm³/mol. The largest absolute Gasteiger partial charge is 0.484 e. The lowest BCUT2D eigenvalue weighted by Crippen LogP contribution is -2.45. The van der Waals surface area contributed by atoms with Gasteiger partial charge in [-0.2, -0.15) is 4.57 Å². The van der Waals surface area contributed by atoms with Crippen LogP contribution in [0.1, 0.15) is 42.7 Å². The highest BCUT2D eigenvalue weighted by Crippen LogP contribution is 2.49. The van der Waals surface area contributed by atoms with Gasteiger partial charge < -0.3 is 14.7 Å². The summed E-state index contributed by atoms with van der Waals surface area (Å²) < 4.78 is 10.3. The molecule has 1 N–H and O–H groups in total. The van der Waals surface area contributed by atoms with E-state index in [2.05, 4.69) is 64.2 Å². The van der Waals surface area contributed by atoms with Gasteiger partial charge >= 0.3 is 5.97 Å². The number of anilines is 1. The third-order valence-electron chi connectivity index (χ3n) is 6.63. The highest BCUT2D eigenvalue weighted by molar-refractivity contribution is 7.19. The third kappa shape index (κ3) is 3.13. The van der Waals surface area contributed by atoms with Gasteiger partial charge in [0.1, 0.15) is 16.6 Å². The maximum atomic E-state index is 10.8. The van der Waals surface area contributed by atoms with Crippen molar-refractivity contribution in [3.63, 3.8) is 0 Å². The Kier molecular flexibility index (Phi) is 4.76. The number of carboxylic acid groups (broad SMARTS) is 1. The van der Waals surface area contributed by atoms with Crippen molar-refractivity contribution < 1.29 is 19.2 Å². The zero-order valence-electron chi connectivity index (χ0n) is 17.8. The number of aryl methyl sites for hydroxylation is 1. The number of aromatic nitrogens is 1. The number of benzene rings is 2. The number of ether oxygens (including phenoxy) is 1. The number of allylic oxidation sites excluding steroid dienone is 2. The standard InChI is InChI=1S/C26H24N2O3S/c29-23(30)11-2-1-5-14-27-15-12-17-24-19(27)8-6-9-20(24)31-21-13-16-28-18-7-3-4-10-22(18)32-26(28)25(17)21/h3-4,6-10,12,15,21H,1-2,5,11,13-14,16H2/p+1. The van der Waals surface area contributed by atoms with Crippen molar-refractivity contribution in [2.45, 2.75) is 44.8 Å². The van der Waals surface area contributed by atoms with E-state index >= 15 is 0 Å². The second-order valence-electron chi connectivity index (χ2n) is 8.61. The molecule has 0 saturated heterocycles. The van der Waals surface area contributed by atoms with E-state index in [1.165, 1.54) is 37.6 Å². The van der Waals surface area contributed by atoms with E-state index < -0.39 is 5.97 Å². The minimum Gasteiger partial charge on any atom is -0.484 e. The van der Waals surface area contributed by atoms with Crippen LogP contribution in [0.2, 0.25) is 0 Å². The molecule has 32 heavy (non-hydrogen) atoms. The van der Waals surface area contributed by atoms with Crippen LogP contribution in [0.3, 0.4) is 0 Å². The maximum Gasteiger partial charge on any atom is 0.303 e. The molecule has 2 aromatic carbocycles. The van der Waals surface area contributed by atoms with Crippen LogP contribution < -0.4 is 14.2 Å². The van der Waals surface area contributed by atoms with Gasteiger partial charge in [-0.25, -0.2) is 0 Å². The molecule has 0 bridgehead atoms. The number of hydrogen-bond donors (Lipinski definition) is 1. The molecule has 0 spiro atoms. The molecule has 5 nitrogen and oxygen atoms in total. The second-order valence-corrected chi connectivity index (χ2v) is 9.64. The van der Waals surface area contributed by atoms with Crippen LogP contribution in [0.4, 0.5) is 5.69 Å². The van der Waals surface area contributed by atoms with E-state index in [-0.39, 0.29) is 12.5 Å². The van der Waals surface area contributed by atoms with E-state index in [0.29, 0.717) is 0 Å². The molecule has 3 aliphatic rings. The van der Waals surface area contributed by atoms with E-state index in [1.54, 1.807) is 0 Å². The SMILES string of the molecule is O=C(O)CCCCCN1C=CC2=C3c4sc5ccccc5[n+]4CCC3Oc3cccc1c32. The molecule has 0 aliphatic carbocycles. The van der Waals surface area contributed by atoms with E-state index in [9.17, 15) is 4.79 Å². The van der Waals surface area contributed by atoms with Crippen molar-refractivity contribution in [3.05, 3.63) is 65.3 Å². The average Bonchev–Trinajstić information content (AvgIpc) is 3.18. The molecule has 3 aromatic rings. The quantitative estimate of drug-likeness (QED) is 0.416. The lowest BCUT2D eigenvalue weighted by atomic mass is 9.87. The summed E-state index contributed by atoms with van der Waals surface area (Å²) in [4.78, 5) is 13.0. The molecule has 4 heterocycles. The van der Waals surface area contributed by atoms with Gasteiger partial charge in [0.15, 0.2) is 6.54 Å². The van der Waals surface area contributed by atoms with Gasteiger partial charge in [0.25, 0.3) is 5.01 Å². The molecule has 6 rings (SSSR count). The number of hydrogen-bond acceptors (Lipinski definition) is 4.